The van der Waals surface area contributed by atoms with Gasteiger partial charge in [0.15, 0.2) is 10.8 Å². The van der Waals surface area contributed by atoms with Gasteiger partial charge in [-0.05, 0) is 18.6 Å². The smallest absolute Gasteiger partial charge is 0.234 e. The summed E-state index contributed by atoms with van der Waals surface area (Å²) in [5, 5.41) is 13.8. The zero-order valence-corrected chi connectivity index (χ0v) is 12.1. The monoisotopic (exact) mass is 288 g/mol. The Balaban J connectivity index is 1.71. The van der Waals surface area contributed by atoms with Gasteiger partial charge in [-0.15, -0.1) is 10.2 Å². The van der Waals surface area contributed by atoms with E-state index in [0.29, 0.717) is 6.61 Å². The molecule has 0 saturated heterocycles. The molecule has 0 fully saturated rings. The van der Waals surface area contributed by atoms with E-state index in [0.717, 1.165) is 40.8 Å². The van der Waals surface area contributed by atoms with Gasteiger partial charge in [0.1, 0.15) is 12.4 Å². The van der Waals surface area contributed by atoms with Crippen molar-refractivity contribution in [2.45, 2.75) is 32.8 Å². The van der Waals surface area contributed by atoms with Crippen LogP contribution in [0.5, 0.6) is 5.75 Å². The molecule has 2 aromatic heterocycles. The summed E-state index contributed by atoms with van der Waals surface area (Å²) < 4.78 is 7.54. The number of hydrogen-bond acceptors (Lipinski definition) is 5. The summed E-state index contributed by atoms with van der Waals surface area (Å²) in [5.41, 5.74) is 0. The lowest BCUT2D eigenvalue weighted by Gasteiger charge is -2.02. The van der Waals surface area contributed by atoms with Crippen molar-refractivity contribution in [2.75, 3.05) is 0 Å². The third kappa shape index (κ3) is 2.80. The first-order chi connectivity index (χ1) is 9.86. The molecule has 104 valence electrons. The van der Waals surface area contributed by atoms with E-state index in [1.165, 1.54) is 11.3 Å². The van der Waals surface area contributed by atoms with Gasteiger partial charge in [-0.3, -0.25) is 0 Å². The maximum absolute atomic E-state index is 5.70. The maximum atomic E-state index is 5.70. The Hall–Kier alpha value is -1.95. The van der Waals surface area contributed by atoms with Crippen LogP contribution < -0.4 is 4.74 Å². The van der Waals surface area contributed by atoms with Crippen molar-refractivity contribution in [3.8, 4) is 5.75 Å². The molecule has 0 bridgehead atoms. The van der Waals surface area contributed by atoms with E-state index < -0.39 is 0 Å². The van der Waals surface area contributed by atoms with E-state index in [-0.39, 0.29) is 0 Å². The highest BCUT2D eigenvalue weighted by Crippen LogP contribution is 2.17. The van der Waals surface area contributed by atoms with Gasteiger partial charge in [-0.1, -0.05) is 42.9 Å². The fourth-order valence-electron chi connectivity index (χ4n) is 1.91. The second-order valence-corrected chi connectivity index (χ2v) is 5.55. The summed E-state index contributed by atoms with van der Waals surface area (Å²) in [7, 11) is 0. The summed E-state index contributed by atoms with van der Waals surface area (Å²) in [6.45, 7) is 2.63. The minimum absolute atomic E-state index is 0.464. The molecule has 20 heavy (non-hydrogen) atoms. The van der Waals surface area contributed by atoms with Crippen molar-refractivity contribution in [1.82, 2.24) is 19.8 Å². The number of rotatable bonds is 6. The van der Waals surface area contributed by atoms with Gasteiger partial charge in [0.2, 0.25) is 4.96 Å². The van der Waals surface area contributed by atoms with Crippen LogP contribution in [-0.4, -0.2) is 19.8 Å². The predicted molar refractivity (Wildman–Crippen MR) is 78.0 cm³/mol. The fourth-order valence-corrected chi connectivity index (χ4v) is 2.67. The van der Waals surface area contributed by atoms with E-state index >= 15 is 0 Å². The first kappa shape index (κ1) is 13.1. The molecule has 0 aliphatic heterocycles. The van der Waals surface area contributed by atoms with Gasteiger partial charge in [0.05, 0.1) is 0 Å². The van der Waals surface area contributed by atoms with Crippen LogP contribution in [0.1, 0.15) is 30.6 Å². The molecule has 2 heterocycles. The number of aromatic nitrogens is 4. The number of aryl methyl sites for hydroxylation is 1. The third-order valence-corrected chi connectivity index (χ3v) is 3.83. The first-order valence-electron chi connectivity index (χ1n) is 6.74. The third-order valence-electron chi connectivity index (χ3n) is 2.96. The average Bonchev–Trinajstić information content (AvgIpc) is 3.04. The zero-order chi connectivity index (χ0) is 13.8. The Morgan fingerprint density at radius 2 is 2.05 bits per heavy atom. The molecule has 5 nitrogen and oxygen atoms in total. The standard InChI is InChI=1S/C14H16N4OS/c1-2-3-9-12-15-16-14-18(12)17-13(20-14)10-19-11-7-5-4-6-8-11/h4-8H,2-3,9-10H2,1H3. The molecule has 0 spiro atoms. The second-order valence-electron chi connectivity index (χ2n) is 4.51. The topological polar surface area (TPSA) is 52.3 Å². The zero-order valence-electron chi connectivity index (χ0n) is 11.3. The Morgan fingerprint density at radius 1 is 1.20 bits per heavy atom. The molecule has 0 amide bonds. The highest BCUT2D eigenvalue weighted by atomic mass is 32.1. The SMILES string of the molecule is CCCCc1nnc2sc(COc3ccccc3)nn12. The number of nitrogens with zero attached hydrogens (tertiary/aromatic N) is 4. The largest absolute Gasteiger partial charge is 0.486 e. The number of benzene rings is 1. The number of fused-ring (bicyclic) bond motifs is 1. The van der Waals surface area contributed by atoms with E-state index in [1.807, 2.05) is 34.8 Å². The minimum atomic E-state index is 0.464. The Kier molecular flexibility index (Phi) is 3.92. The predicted octanol–water partition coefficient (Wildman–Crippen LogP) is 3.11. The Labute approximate surface area is 121 Å². The van der Waals surface area contributed by atoms with Crippen molar-refractivity contribution in [2.24, 2.45) is 0 Å². The van der Waals surface area contributed by atoms with E-state index in [2.05, 4.69) is 22.2 Å². The van der Waals surface area contributed by atoms with Crippen LogP contribution in [-0.2, 0) is 13.0 Å². The number of unbranched alkanes of at least 4 members (excludes halogenated alkanes) is 1. The van der Waals surface area contributed by atoms with Crippen molar-refractivity contribution in [1.29, 1.82) is 0 Å². The molecule has 0 atom stereocenters. The Morgan fingerprint density at radius 3 is 2.85 bits per heavy atom. The normalized spacial score (nSPS) is 11.1. The van der Waals surface area contributed by atoms with Crippen LogP contribution in [0, 0.1) is 0 Å². The van der Waals surface area contributed by atoms with Crippen LogP contribution >= 0.6 is 11.3 Å². The molecular weight excluding hydrogens is 272 g/mol. The quantitative estimate of drug-likeness (QED) is 0.699. The van der Waals surface area contributed by atoms with Crippen molar-refractivity contribution in [3.63, 3.8) is 0 Å². The molecule has 0 aliphatic rings. The molecule has 1 aromatic carbocycles. The van der Waals surface area contributed by atoms with E-state index in [4.69, 9.17) is 4.74 Å². The molecule has 0 unspecified atom stereocenters. The molecule has 0 aliphatic carbocycles. The fraction of sp³-hybridized carbons (Fsp3) is 0.357. The average molecular weight is 288 g/mol. The van der Waals surface area contributed by atoms with Crippen LogP contribution in [0.3, 0.4) is 0 Å². The molecule has 3 aromatic rings. The van der Waals surface area contributed by atoms with E-state index in [9.17, 15) is 0 Å². The molecule has 3 rings (SSSR count). The van der Waals surface area contributed by atoms with Crippen molar-refractivity contribution in [3.05, 3.63) is 41.2 Å². The number of para-hydroxylation sites is 1. The lowest BCUT2D eigenvalue weighted by molar-refractivity contribution is 0.304. The summed E-state index contributed by atoms with van der Waals surface area (Å²) in [6.07, 6.45) is 3.16. The lowest BCUT2D eigenvalue weighted by atomic mass is 10.2. The van der Waals surface area contributed by atoms with Crippen LogP contribution in [0.2, 0.25) is 0 Å². The molecule has 6 heteroatoms. The molecule has 0 N–H and O–H groups in total. The summed E-state index contributed by atoms with van der Waals surface area (Å²) >= 11 is 1.52. The highest BCUT2D eigenvalue weighted by molar-refractivity contribution is 7.16. The van der Waals surface area contributed by atoms with Crippen molar-refractivity contribution >= 4 is 16.3 Å². The van der Waals surface area contributed by atoms with Crippen LogP contribution in [0.25, 0.3) is 4.96 Å². The second kappa shape index (κ2) is 6.00. The van der Waals surface area contributed by atoms with Gasteiger partial charge >= 0.3 is 0 Å². The minimum Gasteiger partial charge on any atom is -0.486 e. The summed E-state index contributed by atoms with van der Waals surface area (Å²) in [6, 6.07) is 9.75. The molecule has 0 saturated carbocycles. The maximum Gasteiger partial charge on any atom is 0.234 e. The van der Waals surface area contributed by atoms with Crippen LogP contribution in [0.15, 0.2) is 30.3 Å². The summed E-state index contributed by atoms with van der Waals surface area (Å²) in [5.74, 6) is 1.79. The number of ether oxygens (including phenoxy) is 1. The van der Waals surface area contributed by atoms with Gasteiger partial charge in [0.25, 0.3) is 0 Å². The first-order valence-corrected chi connectivity index (χ1v) is 7.56. The molecule has 0 radical (unpaired) electrons. The van der Waals surface area contributed by atoms with Gasteiger partial charge in [-0.25, -0.2) is 0 Å². The van der Waals surface area contributed by atoms with E-state index in [1.54, 1.807) is 0 Å². The molecular formula is C14H16N4OS. The Bertz CT molecular complexity index is 677. The lowest BCUT2D eigenvalue weighted by Crippen LogP contribution is -1.99. The summed E-state index contributed by atoms with van der Waals surface area (Å²) in [4.78, 5) is 0.836. The highest BCUT2D eigenvalue weighted by Gasteiger charge is 2.11. The van der Waals surface area contributed by atoms with Crippen molar-refractivity contribution < 1.29 is 4.74 Å². The van der Waals surface area contributed by atoms with Gasteiger partial charge < -0.3 is 4.74 Å². The number of hydrogen-bond donors (Lipinski definition) is 0. The van der Waals surface area contributed by atoms with Gasteiger partial charge in [-0.2, -0.15) is 9.61 Å². The van der Waals surface area contributed by atoms with Crippen LogP contribution in [0.4, 0.5) is 0 Å². The van der Waals surface area contributed by atoms with Gasteiger partial charge in [0, 0.05) is 6.42 Å².